The lowest BCUT2D eigenvalue weighted by Crippen LogP contribution is -2.12. The molecule has 7 heteroatoms. The van der Waals surface area contributed by atoms with Gasteiger partial charge in [-0.15, -0.1) is 0 Å². The molecule has 0 unspecified atom stereocenters. The highest BCUT2D eigenvalue weighted by Crippen LogP contribution is 2.34. The van der Waals surface area contributed by atoms with E-state index in [-0.39, 0.29) is 5.75 Å². The number of para-hydroxylation sites is 3. The summed E-state index contributed by atoms with van der Waals surface area (Å²) in [7, 11) is 3.11. The highest BCUT2D eigenvalue weighted by molar-refractivity contribution is 6.08. The monoisotopic (exact) mass is 415 g/mol. The SMILES string of the molecule is COc1ccc(-c2nn(-c3ccccc3)cc2C(=O)Nc2ccccc2O)cc1OC. The maximum absolute atomic E-state index is 13.2. The number of aromatic hydroxyl groups is 1. The number of ether oxygens (including phenoxy) is 2. The molecule has 0 radical (unpaired) electrons. The number of phenols is 1. The summed E-state index contributed by atoms with van der Waals surface area (Å²) in [6, 6.07) is 21.4. The number of benzene rings is 3. The fraction of sp³-hybridized carbons (Fsp3) is 0.0833. The summed E-state index contributed by atoms with van der Waals surface area (Å²) in [5, 5.41) is 17.5. The molecule has 156 valence electrons. The maximum Gasteiger partial charge on any atom is 0.259 e. The summed E-state index contributed by atoms with van der Waals surface area (Å²) in [6.07, 6.45) is 1.66. The average Bonchev–Trinajstić information content (AvgIpc) is 3.26. The van der Waals surface area contributed by atoms with E-state index >= 15 is 0 Å². The van der Waals surface area contributed by atoms with Gasteiger partial charge in [-0.3, -0.25) is 4.79 Å². The van der Waals surface area contributed by atoms with Crippen molar-refractivity contribution in [1.82, 2.24) is 9.78 Å². The molecule has 4 rings (SSSR count). The third kappa shape index (κ3) is 4.06. The quantitative estimate of drug-likeness (QED) is 0.453. The van der Waals surface area contributed by atoms with Crippen LogP contribution in [0.2, 0.25) is 0 Å². The van der Waals surface area contributed by atoms with Crippen LogP contribution >= 0.6 is 0 Å². The predicted octanol–water partition coefficient (Wildman–Crippen LogP) is 4.51. The Kier molecular flexibility index (Phi) is 5.57. The fourth-order valence-electron chi connectivity index (χ4n) is 3.22. The van der Waals surface area contributed by atoms with Gasteiger partial charge in [-0.05, 0) is 42.5 Å². The summed E-state index contributed by atoms with van der Waals surface area (Å²) in [4.78, 5) is 13.2. The number of carbonyl (C=O) groups excluding carboxylic acids is 1. The second-order valence-electron chi connectivity index (χ2n) is 6.71. The number of hydrogen-bond donors (Lipinski definition) is 2. The van der Waals surface area contributed by atoms with Crippen LogP contribution in [0.4, 0.5) is 5.69 Å². The van der Waals surface area contributed by atoms with Gasteiger partial charge in [0.05, 0.1) is 31.2 Å². The number of aromatic nitrogens is 2. The highest BCUT2D eigenvalue weighted by Gasteiger charge is 2.21. The Morgan fingerprint density at radius 2 is 1.65 bits per heavy atom. The third-order valence-corrected chi connectivity index (χ3v) is 4.79. The molecule has 0 saturated carbocycles. The first-order valence-corrected chi connectivity index (χ1v) is 9.57. The molecule has 31 heavy (non-hydrogen) atoms. The fourth-order valence-corrected chi connectivity index (χ4v) is 3.22. The molecule has 0 saturated heterocycles. The number of nitrogens with zero attached hydrogens (tertiary/aromatic N) is 2. The first-order chi connectivity index (χ1) is 15.1. The molecule has 0 aliphatic rings. The van der Waals surface area contributed by atoms with Crippen molar-refractivity contribution in [3.63, 3.8) is 0 Å². The summed E-state index contributed by atoms with van der Waals surface area (Å²) in [5.74, 6) is 0.697. The molecular weight excluding hydrogens is 394 g/mol. The van der Waals surface area contributed by atoms with E-state index in [9.17, 15) is 9.90 Å². The summed E-state index contributed by atoms with van der Waals surface area (Å²) >= 11 is 0. The second kappa shape index (κ2) is 8.62. The second-order valence-corrected chi connectivity index (χ2v) is 6.71. The smallest absolute Gasteiger partial charge is 0.259 e. The topological polar surface area (TPSA) is 85.6 Å². The number of rotatable bonds is 6. The van der Waals surface area contributed by atoms with Crippen molar-refractivity contribution in [3.05, 3.63) is 84.6 Å². The molecule has 4 aromatic rings. The van der Waals surface area contributed by atoms with Gasteiger partial charge in [-0.1, -0.05) is 30.3 Å². The van der Waals surface area contributed by atoms with Crippen LogP contribution in [-0.2, 0) is 0 Å². The van der Waals surface area contributed by atoms with Gasteiger partial charge < -0.3 is 19.9 Å². The van der Waals surface area contributed by atoms with Gasteiger partial charge >= 0.3 is 0 Å². The van der Waals surface area contributed by atoms with Crippen molar-refractivity contribution in [3.8, 4) is 34.2 Å². The Hall–Kier alpha value is -4.26. The van der Waals surface area contributed by atoms with Crippen molar-refractivity contribution in [1.29, 1.82) is 0 Å². The van der Waals surface area contributed by atoms with E-state index < -0.39 is 5.91 Å². The number of phenolic OH excluding ortho intramolecular Hbond substituents is 1. The van der Waals surface area contributed by atoms with Crippen molar-refractivity contribution in [2.24, 2.45) is 0 Å². The number of carbonyl (C=O) groups is 1. The van der Waals surface area contributed by atoms with Gasteiger partial charge in [0.15, 0.2) is 11.5 Å². The average molecular weight is 415 g/mol. The van der Waals surface area contributed by atoms with Crippen molar-refractivity contribution in [2.75, 3.05) is 19.5 Å². The summed E-state index contributed by atoms with van der Waals surface area (Å²) in [6.45, 7) is 0. The zero-order chi connectivity index (χ0) is 21.8. The van der Waals surface area contributed by atoms with Gasteiger partial charge in [0, 0.05) is 11.8 Å². The summed E-state index contributed by atoms with van der Waals surface area (Å²) < 4.78 is 12.4. The minimum atomic E-state index is -0.395. The molecule has 0 aliphatic carbocycles. The molecule has 0 atom stereocenters. The van der Waals surface area contributed by atoms with Crippen LogP contribution in [0, 0.1) is 0 Å². The lowest BCUT2D eigenvalue weighted by molar-refractivity contribution is 0.102. The van der Waals surface area contributed by atoms with Crippen LogP contribution in [0.3, 0.4) is 0 Å². The molecule has 7 nitrogen and oxygen atoms in total. The van der Waals surface area contributed by atoms with E-state index in [4.69, 9.17) is 9.47 Å². The normalized spacial score (nSPS) is 10.5. The van der Waals surface area contributed by atoms with Gasteiger partial charge in [-0.2, -0.15) is 5.10 Å². The van der Waals surface area contributed by atoms with Crippen molar-refractivity contribution < 1.29 is 19.4 Å². The van der Waals surface area contributed by atoms with Crippen LogP contribution in [0.5, 0.6) is 17.2 Å². The largest absolute Gasteiger partial charge is 0.506 e. The Morgan fingerprint density at radius 1 is 0.935 bits per heavy atom. The predicted molar refractivity (Wildman–Crippen MR) is 118 cm³/mol. The standard InChI is InChI=1S/C24H21N3O4/c1-30-21-13-12-16(14-22(21)31-2)23-18(15-27(26-23)17-8-4-3-5-9-17)24(29)25-19-10-6-7-11-20(19)28/h3-15,28H,1-2H3,(H,25,29). The highest BCUT2D eigenvalue weighted by atomic mass is 16.5. The van der Waals surface area contributed by atoms with E-state index in [0.717, 1.165) is 5.69 Å². The molecule has 0 spiro atoms. The summed E-state index contributed by atoms with van der Waals surface area (Å²) in [5.41, 5.74) is 2.64. The molecule has 3 aromatic carbocycles. The number of hydrogen-bond acceptors (Lipinski definition) is 5. The molecule has 1 heterocycles. The number of amides is 1. The van der Waals surface area contributed by atoms with E-state index in [1.165, 1.54) is 6.07 Å². The minimum absolute atomic E-state index is 0.0148. The van der Waals surface area contributed by atoms with Crippen LogP contribution in [0.1, 0.15) is 10.4 Å². The molecule has 1 aromatic heterocycles. The Morgan fingerprint density at radius 3 is 2.35 bits per heavy atom. The van der Waals surface area contributed by atoms with Gasteiger partial charge in [0.1, 0.15) is 11.4 Å². The molecular formula is C24H21N3O4. The molecule has 0 bridgehead atoms. The van der Waals surface area contributed by atoms with Gasteiger partial charge in [0.2, 0.25) is 0 Å². The van der Waals surface area contributed by atoms with Crippen LogP contribution < -0.4 is 14.8 Å². The molecule has 0 fully saturated rings. The lowest BCUT2D eigenvalue weighted by atomic mass is 10.1. The van der Waals surface area contributed by atoms with Gasteiger partial charge in [-0.25, -0.2) is 4.68 Å². The van der Waals surface area contributed by atoms with Crippen LogP contribution in [0.15, 0.2) is 79.0 Å². The third-order valence-electron chi connectivity index (χ3n) is 4.79. The zero-order valence-electron chi connectivity index (χ0n) is 17.1. The Bertz CT molecular complexity index is 1220. The first kappa shape index (κ1) is 20.0. The Balaban J connectivity index is 1.81. The number of anilines is 1. The van der Waals surface area contributed by atoms with Crippen LogP contribution in [-0.4, -0.2) is 35.0 Å². The van der Waals surface area contributed by atoms with E-state index in [2.05, 4.69) is 10.4 Å². The van der Waals surface area contributed by atoms with E-state index in [0.29, 0.717) is 34.0 Å². The van der Waals surface area contributed by atoms with Crippen LogP contribution in [0.25, 0.3) is 16.9 Å². The minimum Gasteiger partial charge on any atom is -0.506 e. The van der Waals surface area contributed by atoms with E-state index in [1.54, 1.807) is 55.4 Å². The van der Waals surface area contributed by atoms with Crippen molar-refractivity contribution >= 4 is 11.6 Å². The van der Waals surface area contributed by atoms with E-state index in [1.807, 2.05) is 36.4 Å². The number of nitrogens with one attached hydrogen (secondary N) is 1. The number of methoxy groups -OCH3 is 2. The van der Waals surface area contributed by atoms with Gasteiger partial charge in [0.25, 0.3) is 5.91 Å². The van der Waals surface area contributed by atoms with Crippen molar-refractivity contribution in [2.45, 2.75) is 0 Å². The molecule has 2 N–H and O–H groups in total. The Labute approximate surface area is 179 Å². The lowest BCUT2D eigenvalue weighted by Gasteiger charge is -2.10. The first-order valence-electron chi connectivity index (χ1n) is 9.57. The maximum atomic E-state index is 13.2. The molecule has 1 amide bonds. The zero-order valence-corrected chi connectivity index (χ0v) is 17.1. The molecule has 0 aliphatic heterocycles.